The first kappa shape index (κ1) is 12.5. The van der Waals surface area contributed by atoms with Crippen LogP contribution < -0.4 is 5.32 Å². The molecule has 1 rings (SSSR count). The Hall–Kier alpha value is -0.610. The maximum Gasteiger partial charge on any atom is 0.246 e. The van der Waals surface area contributed by atoms with E-state index in [1.165, 1.54) is 12.8 Å². The Morgan fingerprint density at radius 2 is 2.33 bits per heavy atom. The predicted octanol–water partition coefficient (Wildman–Crippen LogP) is 0.548. The van der Waals surface area contributed by atoms with Crippen LogP contribution in [0.5, 0.6) is 0 Å². The number of hydrogen-bond donors (Lipinski definition) is 2. The van der Waals surface area contributed by atoms with Gasteiger partial charge in [-0.25, -0.2) is 0 Å². The fraction of sp³-hybridized carbons (Fsp3) is 0.909. The van der Waals surface area contributed by atoms with Gasteiger partial charge in [-0.15, -0.1) is 0 Å². The van der Waals surface area contributed by atoms with Gasteiger partial charge in [-0.3, -0.25) is 4.79 Å². The van der Waals surface area contributed by atoms with E-state index in [-0.39, 0.29) is 19.1 Å². The van der Waals surface area contributed by atoms with Gasteiger partial charge in [0.15, 0.2) is 0 Å². The SMILES string of the molecule is CC(CCO)CNC(=O)COCC1CC1. The average molecular weight is 215 g/mol. The van der Waals surface area contributed by atoms with Gasteiger partial charge >= 0.3 is 0 Å². The molecule has 0 radical (unpaired) electrons. The smallest absolute Gasteiger partial charge is 0.246 e. The molecule has 2 N–H and O–H groups in total. The van der Waals surface area contributed by atoms with Crippen LogP contribution in [0.1, 0.15) is 26.2 Å². The Morgan fingerprint density at radius 1 is 1.60 bits per heavy atom. The summed E-state index contributed by atoms with van der Waals surface area (Å²) < 4.78 is 5.25. The lowest BCUT2D eigenvalue weighted by Gasteiger charge is -2.11. The van der Waals surface area contributed by atoms with Crippen molar-refractivity contribution in [2.45, 2.75) is 26.2 Å². The molecule has 1 amide bonds. The third kappa shape index (κ3) is 6.47. The van der Waals surface area contributed by atoms with Crippen molar-refractivity contribution in [1.82, 2.24) is 5.32 Å². The molecular weight excluding hydrogens is 194 g/mol. The standard InChI is InChI=1S/C11H21NO3/c1-9(4-5-13)6-12-11(14)8-15-7-10-2-3-10/h9-10,13H,2-8H2,1H3,(H,12,14). The molecule has 1 aliphatic rings. The molecule has 4 nitrogen and oxygen atoms in total. The van der Waals surface area contributed by atoms with Crippen LogP contribution in [-0.2, 0) is 9.53 Å². The van der Waals surface area contributed by atoms with Crippen molar-refractivity contribution in [1.29, 1.82) is 0 Å². The van der Waals surface area contributed by atoms with Gasteiger partial charge < -0.3 is 15.2 Å². The van der Waals surface area contributed by atoms with Crippen LogP contribution in [0.25, 0.3) is 0 Å². The monoisotopic (exact) mass is 215 g/mol. The molecule has 1 saturated carbocycles. The molecule has 0 saturated heterocycles. The number of amides is 1. The number of aliphatic hydroxyl groups excluding tert-OH is 1. The van der Waals surface area contributed by atoms with Gasteiger partial charge in [0.05, 0.1) is 6.61 Å². The first-order valence-corrected chi connectivity index (χ1v) is 5.67. The third-order valence-corrected chi connectivity index (χ3v) is 2.55. The van der Waals surface area contributed by atoms with E-state index >= 15 is 0 Å². The second-order valence-corrected chi connectivity index (χ2v) is 4.38. The zero-order valence-corrected chi connectivity index (χ0v) is 9.37. The van der Waals surface area contributed by atoms with E-state index in [1.54, 1.807) is 0 Å². The number of carbonyl (C=O) groups excluding carboxylic acids is 1. The van der Waals surface area contributed by atoms with Crippen molar-refractivity contribution in [2.24, 2.45) is 11.8 Å². The minimum atomic E-state index is -0.0551. The maximum absolute atomic E-state index is 11.3. The highest BCUT2D eigenvalue weighted by Crippen LogP contribution is 2.28. The highest BCUT2D eigenvalue weighted by atomic mass is 16.5. The first-order chi connectivity index (χ1) is 7.22. The van der Waals surface area contributed by atoms with E-state index in [4.69, 9.17) is 9.84 Å². The molecule has 1 fully saturated rings. The number of nitrogens with one attached hydrogen (secondary N) is 1. The first-order valence-electron chi connectivity index (χ1n) is 5.67. The topological polar surface area (TPSA) is 58.6 Å². The van der Waals surface area contributed by atoms with E-state index in [9.17, 15) is 4.79 Å². The molecule has 0 aromatic heterocycles. The Balaban J connectivity index is 1.92. The van der Waals surface area contributed by atoms with Gasteiger partial charge in [-0.05, 0) is 31.1 Å². The number of carbonyl (C=O) groups is 1. The van der Waals surface area contributed by atoms with Crippen LogP contribution in [-0.4, -0.2) is 37.4 Å². The number of ether oxygens (including phenoxy) is 1. The summed E-state index contributed by atoms with van der Waals surface area (Å²) in [5.41, 5.74) is 0. The summed E-state index contributed by atoms with van der Waals surface area (Å²) in [6.45, 7) is 3.69. The van der Waals surface area contributed by atoms with Gasteiger partial charge in [0.1, 0.15) is 6.61 Å². The van der Waals surface area contributed by atoms with E-state index < -0.39 is 0 Å². The summed E-state index contributed by atoms with van der Waals surface area (Å²) in [6.07, 6.45) is 3.22. The lowest BCUT2D eigenvalue weighted by molar-refractivity contribution is -0.126. The lowest BCUT2D eigenvalue weighted by atomic mass is 10.1. The summed E-state index contributed by atoms with van der Waals surface area (Å²) >= 11 is 0. The van der Waals surface area contributed by atoms with Gasteiger partial charge in [0.25, 0.3) is 0 Å². The molecule has 4 heteroatoms. The van der Waals surface area contributed by atoms with E-state index in [0.29, 0.717) is 18.4 Å². The summed E-state index contributed by atoms with van der Waals surface area (Å²) in [4.78, 5) is 11.3. The molecular formula is C11H21NO3. The summed E-state index contributed by atoms with van der Waals surface area (Å²) in [5, 5.41) is 11.5. The van der Waals surface area contributed by atoms with E-state index in [1.807, 2.05) is 6.92 Å². The van der Waals surface area contributed by atoms with Gasteiger partial charge in [0, 0.05) is 13.2 Å². The molecule has 0 heterocycles. The van der Waals surface area contributed by atoms with Crippen molar-refractivity contribution in [3.63, 3.8) is 0 Å². The van der Waals surface area contributed by atoms with Crippen LogP contribution in [0.15, 0.2) is 0 Å². The third-order valence-electron chi connectivity index (χ3n) is 2.55. The van der Waals surface area contributed by atoms with Gasteiger partial charge in [-0.2, -0.15) is 0 Å². The van der Waals surface area contributed by atoms with Crippen LogP contribution in [0, 0.1) is 11.8 Å². The number of hydrogen-bond acceptors (Lipinski definition) is 3. The van der Waals surface area contributed by atoms with Crippen molar-refractivity contribution < 1.29 is 14.6 Å². The van der Waals surface area contributed by atoms with Crippen LogP contribution in [0.4, 0.5) is 0 Å². The number of rotatable bonds is 8. The van der Waals surface area contributed by atoms with Crippen LogP contribution in [0.2, 0.25) is 0 Å². The van der Waals surface area contributed by atoms with Crippen LogP contribution >= 0.6 is 0 Å². The molecule has 1 aliphatic carbocycles. The fourth-order valence-electron chi connectivity index (χ4n) is 1.26. The molecule has 1 unspecified atom stereocenters. The van der Waals surface area contributed by atoms with Gasteiger partial charge in [-0.1, -0.05) is 6.92 Å². The normalized spacial score (nSPS) is 17.5. The van der Waals surface area contributed by atoms with Crippen LogP contribution in [0.3, 0.4) is 0 Å². The minimum absolute atomic E-state index is 0.0551. The van der Waals surface area contributed by atoms with Crippen molar-refractivity contribution in [2.75, 3.05) is 26.4 Å². The highest BCUT2D eigenvalue weighted by molar-refractivity contribution is 5.77. The Morgan fingerprint density at radius 3 is 2.93 bits per heavy atom. The molecule has 0 spiro atoms. The largest absolute Gasteiger partial charge is 0.396 e. The Kier molecular flexibility index (Phi) is 5.65. The second kappa shape index (κ2) is 6.80. The molecule has 88 valence electrons. The Labute approximate surface area is 91.0 Å². The highest BCUT2D eigenvalue weighted by Gasteiger charge is 2.21. The molecule has 0 aromatic rings. The number of aliphatic hydroxyl groups is 1. The average Bonchev–Trinajstić information content (AvgIpc) is 2.99. The molecule has 15 heavy (non-hydrogen) atoms. The molecule has 1 atom stereocenters. The predicted molar refractivity (Wildman–Crippen MR) is 57.4 cm³/mol. The summed E-state index contributed by atoms with van der Waals surface area (Å²) in [5.74, 6) is 0.967. The fourth-order valence-corrected chi connectivity index (χ4v) is 1.26. The second-order valence-electron chi connectivity index (χ2n) is 4.38. The minimum Gasteiger partial charge on any atom is -0.396 e. The maximum atomic E-state index is 11.3. The van der Waals surface area contributed by atoms with Crippen molar-refractivity contribution in [3.05, 3.63) is 0 Å². The summed E-state index contributed by atoms with van der Waals surface area (Å²) in [6, 6.07) is 0. The lowest BCUT2D eigenvalue weighted by Crippen LogP contribution is -2.31. The Bertz CT molecular complexity index is 192. The van der Waals surface area contributed by atoms with E-state index in [0.717, 1.165) is 13.0 Å². The molecule has 0 aromatic carbocycles. The summed E-state index contributed by atoms with van der Waals surface area (Å²) in [7, 11) is 0. The van der Waals surface area contributed by atoms with Gasteiger partial charge in [0.2, 0.25) is 5.91 Å². The zero-order chi connectivity index (χ0) is 11.1. The quantitative estimate of drug-likeness (QED) is 0.621. The molecule has 0 bridgehead atoms. The van der Waals surface area contributed by atoms with Crippen molar-refractivity contribution in [3.8, 4) is 0 Å². The van der Waals surface area contributed by atoms with Crippen molar-refractivity contribution >= 4 is 5.91 Å². The van der Waals surface area contributed by atoms with E-state index in [2.05, 4.69) is 5.32 Å². The molecule has 0 aliphatic heterocycles. The zero-order valence-electron chi connectivity index (χ0n) is 9.37.